The highest BCUT2D eigenvalue weighted by Gasteiger charge is 2.18. The zero-order valence-electron chi connectivity index (χ0n) is 9.12. The number of rotatable bonds is 2. The van der Waals surface area contributed by atoms with E-state index in [9.17, 15) is 4.79 Å². The molecule has 1 aliphatic carbocycles. The second-order valence-electron chi connectivity index (χ2n) is 4.20. The molecule has 0 N–H and O–H groups in total. The molecule has 78 valence electrons. The molecule has 0 bridgehead atoms. The van der Waals surface area contributed by atoms with Crippen LogP contribution in [0.3, 0.4) is 0 Å². The van der Waals surface area contributed by atoms with Crippen LogP contribution in [-0.2, 0) is 11.2 Å². The van der Waals surface area contributed by atoms with E-state index in [0.717, 1.165) is 31.3 Å². The smallest absolute Gasteiger partial charge is 0.158 e. The minimum absolute atomic E-state index is 0.364. The molecule has 0 spiro atoms. The zero-order chi connectivity index (χ0) is 10.7. The number of hydrogen-bond donors (Lipinski definition) is 0. The van der Waals surface area contributed by atoms with Crippen LogP contribution in [0.25, 0.3) is 0 Å². The summed E-state index contributed by atoms with van der Waals surface area (Å²) in [4.78, 5) is 11.5. The largest absolute Gasteiger partial charge is 0.295 e. The van der Waals surface area contributed by atoms with Crippen molar-refractivity contribution in [3.8, 4) is 0 Å². The second kappa shape index (κ2) is 4.43. The van der Waals surface area contributed by atoms with Gasteiger partial charge in [-0.25, -0.2) is 0 Å². The first-order valence-electron chi connectivity index (χ1n) is 5.53. The lowest BCUT2D eigenvalue weighted by atomic mass is 10.00. The number of carbonyl (C=O) groups excluding carboxylic acids is 1. The fraction of sp³-hybridized carbons (Fsp3) is 0.357. The summed E-state index contributed by atoms with van der Waals surface area (Å²) in [6.07, 6.45) is 3.70. The Morgan fingerprint density at radius 1 is 1.20 bits per heavy atom. The fourth-order valence-electron chi connectivity index (χ4n) is 2.18. The SMILES string of the molecule is C/C(Cc1ccccc1)=C1\CCCC1=O. The van der Waals surface area contributed by atoms with Crippen molar-refractivity contribution in [2.24, 2.45) is 0 Å². The molecule has 0 saturated heterocycles. The molecule has 1 aliphatic rings. The van der Waals surface area contributed by atoms with E-state index in [0.29, 0.717) is 5.78 Å². The highest BCUT2D eigenvalue weighted by molar-refractivity contribution is 5.98. The van der Waals surface area contributed by atoms with Gasteiger partial charge in [-0.3, -0.25) is 4.79 Å². The topological polar surface area (TPSA) is 17.1 Å². The third-order valence-electron chi connectivity index (χ3n) is 2.99. The predicted molar refractivity (Wildman–Crippen MR) is 61.7 cm³/mol. The van der Waals surface area contributed by atoms with Crippen molar-refractivity contribution in [3.05, 3.63) is 47.0 Å². The average molecular weight is 200 g/mol. The molecule has 0 aromatic heterocycles. The van der Waals surface area contributed by atoms with E-state index >= 15 is 0 Å². The van der Waals surface area contributed by atoms with Gasteiger partial charge >= 0.3 is 0 Å². The molecular formula is C14H16O. The van der Waals surface area contributed by atoms with Crippen LogP contribution in [0.2, 0.25) is 0 Å². The van der Waals surface area contributed by atoms with E-state index in [1.54, 1.807) is 0 Å². The Labute approximate surface area is 90.8 Å². The van der Waals surface area contributed by atoms with Crippen LogP contribution in [0.4, 0.5) is 0 Å². The molecular weight excluding hydrogens is 184 g/mol. The van der Waals surface area contributed by atoms with Gasteiger partial charge in [-0.2, -0.15) is 0 Å². The van der Waals surface area contributed by atoms with Gasteiger partial charge in [0, 0.05) is 6.42 Å². The molecule has 0 amide bonds. The van der Waals surface area contributed by atoms with Gasteiger partial charge < -0.3 is 0 Å². The van der Waals surface area contributed by atoms with Crippen LogP contribution >= 0.6 is 0 Å². The van der Waals surface area contributed by atoms with Crippen LogP contribution in [0.5, 0.6) is 0 Å². The Hall–Kier alpha value is -1.37. The summed E-state index contributed by atoms with van der Waals surface area (Å²) in [6.45, 7) is 2.09. The summed E-state index contributed by atoms with van der Waals surface area (Å²) in [5, 5.41) is 0. The third-order valence-corrected chi connectivity index (χ3v) is 2.99. The van der Waals surface area contributed by atoms with Gasteiger partial charge in [0.2, 0.25) is 0 Å². The average Bonchev–Trinajstić information content (AvgIpc) is 2.66. The van der Waals surface area contributed by atoms with Crippen molar-refractivity contribution in [2.75, 3.05) is 0 Å². The second-order valence-corrected chi connectivity index (χ2v) is 4.20. The molecule has 0 heterocycles. The highest BCUT2D eigenvalue weighted by Crippen LogP contribution is 2.25. The number of benzene rings is 1. The van der Waals surface area contributed by atoms with Crippen LogP contribution in [0, 0.1) is 0 Å². The van der Waals surface area contributed by atoms with Gasteiger partial charge in [0.25, 0.3) is 0 Å². The van der Waals surface area contributed by atoms with Crippen LogP contribution in [-0.4, -0.2) is 5.78 Å². The van der Waals surface area contributed by atoms with E-state index in [1.165, 1.54) is 11.1 Å². The molecule has 2 rings (SSSR count). The first-order valence-corrected chi connectivity index (χ1v) is 5.53. The molecule has 15 heavy (non-hydrogen) atoms. The normalized spacial score (nSPS) is 19.4. The minimum atomic E-state index is 0.364. The maximum absolute atomic E-state index is 11.5. The molecule has 0 radical (unpaired) electrons. The zero-order valence-corrected chi connectivity index (χ0v) is 9.12. The lowest BCUT2D eigenvalue weighted by molar-refractivity contribution is -0.114. The Morgan fingerprint density at radius 3 is 2.53 bits per heavy atom. The maximum Gasteiger partial charge on any atom is 0.158 e. The van der Waals surface area contributed by atoms with Crippen LogP contribution in [0.15, 0.2) is 41.5 Å². The Balaban J connectivity index is 2.16. The van der Waals surface area contributed by atoms with Gasteiger partial charge in [-0.05, 0) is 37.3 Å². The maximum atomic E-state index is 11.5. The van der Waals surface area contributed by atoms with Gasteiger partial charge in [0.1, 0.15) is 0 Å². The summed E-state index contributed by atoms with van der Waals surface area (Å²) >= 11 is 0. The molecule has 1 heteroatoms. The summed E-state index contributed by atoms with van der Waals surface area (Å²) in [7, 11) is 0. The lowest BCUT2D eigenvalue weighted by Crippen LogP contribution is -1.98. The summed E-state index contributed by atoms with van der Waals surface area (Å²) in [5.74, 6) is 0.364. The van der Waals surface area contributed by atoms with E-state index in [2.05, 4.69) is 19.1 Å². The number of hydrogen-bond acceptors (Lipinski definition) is 1. The van der Waals surface area contributed by atoms with Crippen molar-refractivity contribution in [1.29, 1.82) is 0 Å². The predicted octanol–water partition coefficient (Wildman–Crippen LogP) is 3.30. The molecule has 1 nitrogen and oxygen atoms in total. The first-order chi connectivity index (χ1) is 7.27. The van der Waals surface area contributed by atoms with Crippen LogP contribution in [0.1, 0.15) is 31.7 Å². The fourth-order valence-corrected chi connectivity index (χ4v) is 2.18. The molecule has 1 fully saturated rings. The van der Waals surface area contributed by atoms with E-state index in [4.69, 9.17) is 0 Å². The molecule has 0 unspecified atom stereocenters. The van der Waals surface area contributed by atoms with Gasteiger partial charge in [-0.1, -0.05) is 35.9 Å². The summed E-state index contributed by atoms with van der Waals surface area (Å²) < 4.78 is 0. The lowest BCUT2D eigenvalue weighted by Gasteiger charge is -2.05. The van der Waals surface area contributed by atoms with Crippen molar-refractivity contribution < 1.29 is 4.79 Å². The number of ketones is 1. The monoisotopic (exact) mass is 200 g/mol. The van der Waals surface area contributed by atoms with E-state index < -0.39 is 0 Å². The van der Waals surface area contributed by atoms with Crippen molar-refractivity contribution in [3.63, 3.8) is 0 Å². The Morgan fingerprint density at radius 2 is 1.93 bits per heavy atom. The third kappa shape index (κ3) is 2.35. The highest BCUT2D eigenvalue weighted by atomic mass is 16.1. The molecule has 1 aromatic carbocycles. The first kappa shape index (κ1) is 10.2. The van der Waals surface area contributed by atoms with Gasteiger partial charge in [-0.15, -0.1) is 0 Å². The van der Waals surface area contributed by atoms with Crippen molar-refractivity contribution >= 4 is 5.78 Å². The van der Waals surface area contributed by atoms with E-state index in [-0.39, 0.29) is 0 Å². The Kier molecular flexibility index (Phi) is 3.00. The molecule has 1 saturated carbocycles. The number of Topliss-reactive ketones (excluding diaryl/α,β-unsaturated/α-hetero) is 1. The number of carbonyl (C=O) groups is 1. The Bertz CT molecular complexity index is 387. The molecule has 1 aromatic rings. The quantitative estimate of drug-likeness (QED) is 0.669. The van der Waals surface area contributed by atoms with Crippen LogP contribution < -0.4 is 0 Å². The van der Waals surface area contributed by atoms with E-state index in [1.807, 2.05) is 18.2 Å². The molecule has 0 atom stereocenters. The van der Waals surface area contributed by atoms with Gasteiger partial charge in [0.15, 0.2) is 5.78 Å². The van der Waals surface area contributed by atoms with Crippen molar-refractivity contribution in [1.82, 2.24) is 0 Å². The van der Waals surface area contributed by atoms with Gasteiger partial charge in [0.05, 0.1) is 0 Å². The van der Waals surface area contributed by atoms with Crippen molar-refractivity contribution in [2.45, 2.75) is 32.6 Å². The minimum Gasteiger partial charge on any atom is -0.295 e. The number of allylic oxidation sites excluding steroid dienone is 2. The summed E-state index contributed by atoms with van der Waals surface area (Å²) in [6, 6.07) is 10.3. The molecule has 0 aliphatic heterocycles. The summed E-state index contributed by atoms with van der Waals surface area (Å²) in [5.41, 5.74) is 3.63. The standard InChI is InChI=1S/C14H16O/c1-11(13-8-5-9-14(13)15)10-12-6-3-2-4-7-12/h2-4,6-7H,5,8-10H2,1H3/b13-11-.